The van der Waals surface area contributed by atoms with E-state index in [1.807, 2.05) is 13.8 Å². The summed E-state index contributed by atoms with van der Waals surface area (Å²) in [5.41, 5.74) is 7.08. The van der Waals surface area contributed by atoms with E-state index < -0.39 is 0 Å². The number of benzene rings is 1. The van der Waals surface area contributed by atoms with Gasteiger partial charge in [0.1, 0.15) is 0 Å². The summed E-state index contributed by atoms with van der Waals surface area (Å²) >= 11 is 0. The molecule has 0 bridgehead atoms. The summed E-state index contributed by atoms with van der Waals surface area (Å²) in [6.45, 7) is 12.6. The van der Waals surface area contributed by atoms with Gasteiger partial charge in [0.25, 0.3) is 0 Å². The van der Waals surface area contributed by atoms with E-state index in [1.54, 1.807) is 0 Å². The van der Waals surface area contributed by atoms with Gasteiger partial charge in [0, 0.05) is 13.1 Å². The normalized spacial score (nSPS) is 14.8. The van der Waals surface area contributed by atoms with Crippen molar-refractivity contribution in [3.05, 3.63) is 40.5 Å². The summed E-state index contributed by atoms with van der Waals surface area (Å²) in [5, 5.41) is 3.45. The Morgan fingerprint density at radius 3 is 2.38 bits per heavy atom. The van der Waals surface area contributed by atoms with Gasteiger partial charge in [-0.2, -0.15) is 0 Å². The molecule has 1 N–H and O–H groups in total. The third kappa shape index (κ3) is 2.73. The van der Waals surface area contributed by atoms with Gasteiger partial charge in [0.2, 0.25) is 0 Å². The number of fused-ring (bicyclic) bond motifs is 1. The number of hydrogen-bond donors (Lipinski definition) is 1. The van der Waals surface area contributed by atoms with E-state index in [4.69, 9.17) is 0 Å². The van der Waals surface area contributed by atoms with E-state index in [0.717, 1.165) is 13.1 Å². The summed E-state index contributed by atoms with van der Waals surface area (Å²) in [6.07, 6.45) is 0. The molecule has 0 aliphatic carbocycles. The molecular formula is C15H23N. The Balaban J connectivity index is 0.000000606. The van der Waals surface area contributed by atoms with Crippen LogP contribution in [-0.2, 0) is 6.54 Å². The molecule has 1 aromatic rings. The summed E-state index contributed by atoms with van der Waals surface area (Å²) in [4.78, 5) is 0. The molecule has 1 aliphatic heterocycles. The zero-order valence-electron chi connectivity index (χ0n) is 11.1. The van der Waals surface area contributed by atoms with E-state index >= 15 is 0 Å². The van der Waals surface area contributed by atoms with Gasteiger partial charge in [-0.15, -0.1) is 0 Å². The Kier molecular flexibility index (Phi) is 4.75. The molecule has 88 valence electrons. The first-order chi connectivity index (χ1) is 7.68. The molecule has 0 fully saturated rings. The van der Waals surface area contributed by atoms with Crippen LogP contribution >= 0.6 is 0 Å². The predicted octanol–water partition coefficient (Wildman–Crippen LogP) is 3.92. The highest BCUT2D eigenvalue weighted by atomic mass is 14.9. The predicted molar refractivity (Wildman–Crippen MR) is 72.5 cm³/mol. The molecule has 1 nitrogen and oxygen atoms in total. The van der Waals surface area contributed by atoms with Crippen molar-refractivity contribution < 1.29 is 0 Å². The number of aryl methyl sites for hydroxylation is 1. The Labute approximate surface area is 99.6 Å². The fourth-order valence-corrected chi connectivity index (χ4v) is 1.98. The van der Waals surface area contributed by atoms with E-state index in [2.05, 4.69) is 44.3 Å². The summed E-state index contributed by atoms with van der Waals surface area (Å²) in [7, 11) is 0. The van der Waals surface area contributed by atoms with Crippen molar-refractivity contribution in [2.24, 2.45) is 0 Å². The number of hydrogen-bond acceptors (Lipinski definition) is 1. The van der Waals surface area contributed by atoms with Crippen LogP contribution in [-0.4, -0.2) is 6.54 Å². The van der Waals surface area contributed by atoms with Crippen molar-refractivity contribution in [1.29, 1.82) is 0 Å². The van der Waals surface area contributed by atoms with Gasteiger partial charge in [-0.25, -0.2) is 0 Å². The zero-order valence-corrected chi connectivity index (χ0v) is 11.1. The van der Waals surface area contributed by atoms with Crippen molar-refractivity contribution >= 4 is 5.57 Å². The molecule has 0 saturated carbocycles. The number of nitrogens with one attached hydrogen (secondary N) is 1. The molecule has 0 unspecified atom stereocenters. The lowest BCUT2D eigenvalue weighted by Gasteiger charge is -2.08. The van der Waals surface area contributed by atoms with Crippen molar-refractivity contribution in [3.8, 4) is 0 Å². The Hall–Kier alpha value is -1.08. The molecule has 0 radical (unpaired) electrons. The second kappa shape index (κ2) is 5.86. The molecule has 0 aromatic heterocycles. The minimum absolute atomic E-state index is 0.992. The van der Waals surface area contributed by atoms with Crippen LogP contribution in [0.1, 0.15) is 44.4 Å². The zero-order chi connectivity index (χ0) is 12.1. The Bertz CT molecular complexity index is 388. The van der Waals surface area contributed by atoms with Crippen LogP contribution in [0.25, 0.3) is 5.57 Å². The van der Waals surface area contributed by atoms with E-state index in [-0.39, 0.29) is 0 Å². The van der Waals surface area contributed by atoms with E-state index in [1.165, 1.54) is 27.8 Å². The first kappa shape index (κ1) is 13.0. The standard InChI is InChI=1S/C13H17N.C2H6/c1-9-4-5-13-11(3)10(2)7-14-8-12(13)6-9;1-2/h4-6,14H,7-8H2,1-3H3;1-2H3. The van der Waals surface area contributed by atoms with Crippen LogP contribution in [0.5, 0.6) is 0 Å². The molecule has 2 rings (SSSR count). The quantitative estimate of drug-likeness (QED) is 0.694. The van der Waals surface area contributed by atoms with Crippen LogP contribution in [0, 0.1) is 6.92 Å². The molecule has 0 amide bonds. The largest absolute Gasteiger partial charge is 0.309 e. The van der Waals surface area contributed by atoms with Gasteiger partial charge < -0.3 is 5.32 Å². The molecule has 0 atom stereocenters. The molecular weight excluding hydrogens is 194 g/mol. The van der Waals surface area contributed by atoms with Gasteiger partial charge in [-0.05, 0) is 37.5 Å². The minimum atomic E-state index is 0.992. The molecule has 1 heterocycles. The third-order valence-corrected chi connectivity index (χ3v) is 3.01. The van der Waals surface area contributed by atoms with E-state index in [9.17, 15) is 0 Å². The molecule has 1 aromatic carbocycles. The second-order valence-electron chi connectivity index (χ2n) is 4.17. The first-order valence-corrected chi connectivity index (χ1v) is 6.15. The minimum Gasteiger partial charge on any atom is -0.309 e. The lowest BCUT2D eigenvalue weighted by atomic mass is 9.97. The van der Waals surface area contributed by atoms with E-state index in [0.29, 0.717) is 0 Å². The maximum Gasteiger partial charge on any atom is 0.0214 e. The van der Waals surface area contributed by atoms with Gasteiger partial charge in [0.05, 0.1) is 0 Å². The van der Waals surface area contributed by atoms with Crippen molar-refractivity contribution in [3.63, 3.8) is 0 Å². The van der Waals surface area contributed by atoms with Crippen LogP contribution in [0.2, 0.25) is 0 Å². The fraction of sp³-hybridized carbons (Fsp3) is 0.467. The second-order valence-corrected chi connectivity index (χ2v) is 4.17. The fourth-order valence-electron chi connectivity index (χ4n) is 1.98. The van der Waals surface area contributed by atoms with Crippen LogP contribution in [0.4, 0.5) is 0 Å². The monoisotopic (exact) mass is 217 g/mol. The topological polar surface area (TPSA) is 12.0 Å². The Morgan fingerprint density at radius 1 is 1.00 bits per heavy atom. The smallest absolute Gasteiger partial charge is 0.0214 e. The van der Waals surface area contributed by atoms with Gasteiger partial charge >= 0.3 is 0 Å². The molecule has 0 saturated heterocycles. The highest BCUT2D eigenvalue weighted by molar-refractivity contribution is 5.70. The maximum atomic E-state index is 3.45. The van der Waals surface area contributed by atoms with Gasteiger partial charge in [-0.3, -0.25) is 0 Å². The average molecular weight is 217 g/mol. The maximum absolute atomic E-state index is 3.45. The van der Waals surface area contributed by atoms with Crippen molar-refractivity contribution in [1.82, 2.24) is 5.32 Å². The SMILES string of the molecule is CC.CC1=C(C)c2ccc(C)cc2CNC1. The van der Waals surface area contributed by atoms with Gasteiger partial charge in [-0.1, -0.05) is 43.2 Å². The number of rotatable bonds is 0. The molecule has 1 aliphatic rings. The van der Waals surface area contributed by atoms with Crippen LogP contribution in [0.15, 0.2) is 23.8 Å². The molecule has 0 spiro atoms. The highest BCUT2D eigenvalue weighted by Gasteiger charge is 2.10. The Morgan fingerprint density at radius 2 is 1.69 bits per heavy atom. The molecule has 16 heavy (non-hydrogen) atoms. The van der Waals surface area contributed by atoms with Crippen molar-refractivity contribution in [2.45, 2.75) is 41.2 Å². The summed E-state index contributed by atoms with van der Waals surface area (Å²) in [5.74, 6) is 0. The van der Waals surface area contributed by atoms with Crippen molar-refractivity contribution in [2.75, 3.05) is 6.54 Å². The summed E-state index contributed by atoms with van der Waals surface area (Å²) in [6, 6.07) is 6.72. The summed E-state index contributed by atoms with van der Waals surface area (Å²) < 4.78 is 0. The first-order valence-electron chi connectivity index (χ1n) is 6.15. The van der Waals surface area contributed by atoms with Crippen LogP contribution < -0.4 is 5.32 Å². The highest BCUT2D eigenvalue weighted by Crippen LogP contribution is 2.25. The van der Waals surface area contributed by atoms with Crippen LogP contribution in [0.3, 0.4) is 0 Å². The lowest BCUT2D eigenvalue weighted by Crippen LogP contribution is -2.13. The number of allylic oxidation sites excluding steroid dienone is 1. The van der Waals surface area contributed by atoms with Gasteiger partial charge in [0.15, 0.2) is 0 Å². The third-order valence-electron chi connectivity index (χ3n) is 3.01. The average Bonchev–Trinajstić information content (AvgIpc) is 2.43. The molecule has 1 heteroatoms. The lowest BCUT2D eigenvalue weighted by molar-refractivity contribution is 0.747.